The minimum Gasteiger partial charge on any atom is -0.508 e. The van der Waals surface area contributed by atoms with Crippen molar-refractivity contribution in [2.75, 3.05) is 123 Å². The lowest BCUT2D eigenvalue weighted by molar-refractivity contribution is -0.383. The van der Waals surface area contributed by atoms with Gasteiger partial charge in [-0.2, -0.15) is 8.42 Å². The number of rotatable bonds is 26. The summed E-state index contributed by atoms with van der Waals surface area (Å²) in [6, 6.07) is 48.0. The molecule has 0 aliphatic heterocycles. The Morgan fingerprint density at radius 3 is 1.28 bits per heavy atom. The maximum atomic E-state index is 13.3. The normalized spacial score (nSPS) is 11.7. The van der Waals surface area contributed by atoms with E-state index in [0.717, 1.165) is 79.1 Å². The standard InChI is InChI=1S/C26H35N3O7.C26H28N2O3.C19H22N2O3.C14H22O5S/c1-7-10-33-11-12-34-13-14-35-19-16-22-24(23(17-19)29(31)32)20-9-8-18(27(5)6)15-21(20)28(22)25(30)36-26(2,3)4;1-26(2,3)31-25(29)28-23-15-19(27(4)5)11-13-21(23)22-14-12-20(16-24(22)28)30-17-18-9-7-6-8-10-18;1-19(2,3)24-18(23)21-16-10-12(20(4)5)6-8-14(16)15-9-7-13(22)11-17(15)21;1-3-8-17-9-10-18-11-12-19-20(15,16)14-6-4-13(2)5-7-14/h8-9,15-17H,7,10-14H2,1-6H3;6-16H,17H2,1-5H3;6-11,22H,1-5H3;4-7H,3,8-12H2,1-2H3. The molecule has 8 aromatic carbocycles. The summed E-state index contributed by atoms with van der Waals surface area (Å²) in [7, 11) is 7.95. The minimum absolute atomic E-state index is 0.00396. The lowest BCUT2D eigenvalue weighted by atomic mass is 10.1. The molecule has 0 aliphatic carbocycles. The number of anilines is 3. The number of carbonyl (C=O) groups is 3. The SMILES string of the molecule is CCCOCCOCCOS(=O)(=O)c1ccc(C)cc1.CCCOCCOCCOc1cc([N+](=O)[O-])c2c3ccc(N(C)C)cc3n(C(=O)OC(C)(C)C)c2c1.CN(C)c1ccc2c3ccc(O)cc3n(C(=O)OC(C)(C)C)c2c1.CN(C)c1ccc2c3ccc(OCc4ccccc4)cc3n(C(=O)OC(C)(C)C)c2c1. The number of carbonyl (C=O) groups excluding carboxylic acids is 3. The Kier molecular flexibility index (Phi) is 29.8. The van der Waals surface area contributed by atoms with Crippen molar-refractivity contribution in [2.24, 2.45) is 0 Å². The van der Waals surface area contributed by atoms with Crippen molar-refractivity contribution in [1.29, 1.82) is 0 Å². The van der Waals surface area contributed by atoms with Gasteiger partial charge in [-0.15, -0.1) is 0 Å². The summed E-state index contributed by atoms with van der Waals surface area (Å²) in [4.78, 5) is 57.0. The van der Waals surface area contributed by atoms with E-state index in [2.05, 4.69) is 12.1 Å². The fourth-order valence-electron chi connectivity index (χ4n) is 11.6. The molecular formula is C85H107N7O18S. The van der Waals surface area contributed by atoms with E-state index in [9.17, 15) is 38.0 Å². The summed E-state index contributed by atoms with van der Waals surface area (Å²) in [6.07, 6.45) is 0.437. The first kappa shape index (κ1) is 86.1. The summed E-state index contributed by atoms with van der Waals surface area (Å²) in [5, 5.41) is 26.7. The van der Waals surface area contributed by atoms with Crippen molar-refractivity contribution in [3.05, 3.63) is 179 Å². The Morgan fingerprint density at radius 2 is 0.829 bits per heavy atom. The molecule has 11 aromatic rings. The molecule has 0 fully saturated rings. The number of nitrogens with zero attached hydrogens (tertiary/aromatic N) is 7. The number of nitro benzene ring substituents is 1. The van der Waals surface area contributed by atoms with E-state index in [0.29, 0.717) is 85.9 Å². The fraction of sp³-hybridized carbons (Fsp3) is 0.400. The molecule has 11 rings (SSSR count). The van der Waals surface area contributed by atoms with Gasteiger partial charge in [0.15, 0.2) is 0 Å². The number of nitro groups is 1. The second kappa shape index (κ2) is 38.4. The number of hydrogen-bond donors (Lipinski definition) is 1. The maximum absolute atomic E-state index is 13.3. The molecule has 0 bridgehead atoms. The second-order valence-corrected chi connectivity index (χ2v) is 31.5. The molecule has 25 nitrogen and oxygen atoms in total. The quantitative estimate of drug-likeness (QED) is 0.0173. The van der Waals surface area contributed by atoms with Gasteiger partial charge in [0.05, 0.1) is 101 Å². The Morgan fingerprint density at radius 1 is 0.441 bits per heavy atom. The van der Waals surface area contributed by atoms with Crippen LogP contribution in [-0.4, -0.2) is 176 Å². The van der Waals surface area contributed by atoms with Crippen LogP contribution in [0.15, 0.2) is 163 Å². The van der Waals surface area contributed by atoms with Crippen molar-refractivity contribution >= 4 is 117 Å². The van der Waals surface area contributed by atoms with Gasteiger partial charge in [-0.25, -0.2) is 28.1 Å². The third kappa shape index (κ3) is 23.8. The van der Waals surface area contributed by atoms with Crippen molar-refractivity contribution in [2.45, 2.75) is 124 Å². The van der Waals surface area contributed by atoms with Gasteiger partial charge in [-0.1, -0.05) is 74.0 Å². The molecule has 0 unspecified atom stereocenters. The number of ether oxygens (including phenoxy) is 9. The molecule has 3 aromatic heterocycles. The number of phenols is 1. The predicted molar refractivity (Wildman–Crippen MR) is 439 cm³/mol. The molecule has 0 spiro atoms. The molecule has 3 heterocycles. The molecule has 26 heteroatoms. The molecule has 1 N–H and O–H groups in total. The van der Waals surface area contributed by atoms with Crippen LogP contribution in [0.2, 0.25) is 0 Å². The Bertz CT molecular complexity index is 5110. The molecule has 0 radical (unpaired) electrons. The largest absolute Gasteiger partial charge is 0.508 e. The molecule has 0 aliphatic rings. The van der Waals surface area contributed by atoms with Gasteiger partial charge in [0.1, 0.15) is 47.3 Å². The zero-order valence-electron chi connectivity index (χ0n) is 67.1. The summed E-state index contributed by atoms with van der Waals surface area (Å²) in [5.74, 6) is 1.08. The molecule has 111 heavy (non-hydrogen) atoms. The molecule has 0 saturated heterocycles. The van der Waals surface area contributed by atoms with Gasteiger partial charge >= 0.3 is 18.3 Å². The van der Waals surface area contributed by atoms with E-state index in [4.69, 9.17) is 46.8 Å². The van der Waals surface area contributed by atoms with Crippen LogP contribution in [0.3, 0.4) is 0 Å². The number of aryl methyl sites for hydroxylation is 1. The van der Waals surface area contributed by atoms with Crippen LogP contribution in [0.25, 0.3) is 65.4 Å². The van der Waals surface area contributed by atoms with Crippen molar-refractivity contribution in [3.63, 3.8) is 0 Å². The lowest BCUT2D eigenvalue weighted by Gasteiger charge is -2.20. The number of benzene rings is 8. The van der Waals surface area contributed by atoms with Gasteiger partial charge in [0.2, 0.25) is 0 Å². The zero-order chi connectivity index (χ0) is 81.1. The highest BCUT2D eigenvalue weighted by atomic mass is 32.2. The Balaban J connectivity index is 0.000000190. The van der Waals surface area contributed by atoms with E-state index in [-0.39, 0.29) is 41.9 Å². The number of aromatic hydroxyl groups is 1. The Hall–Kier alpha value is -10.5. The monoisotopic (exact) mass is 1550 g/mol. The van der Waals surface area contributed by atoms with Crippen LogP contribution in [0.4, 0.5) is 37.1 Å². The smallest absolute Gasteiger partial charge is 0.419 e. The second-order valence-electron chi connectivity index (χ2n) is 29.9. The molecule has 596 valence electrons. The summed E-state index contributed by atoms with van der Waals surface area (Å²) in [5.41, 5.74) is 6.66. The highest BCUT2D eigenvalue weighted by Crippen LogP contribution is 2.42. The molecular weight excluding hydrogens is 1440 g/mol. The first-order chi connectivity index (χ1) is 52.5. The van der Waals surface area contributed by atoms with Crippen molar-refractivity contribution in [1.82, 2.24) is 13.7 Å². The van der Waals surface area contributed by atoms with E-state index < -0.39 is 50.1 Å². The summed E-state index contributed by atoms with van der Waals surface area (Å²) >= 11 is 0. The average Bonchev–Trinajstić information content (AvgIpc) is 1.57. The first-order valence-electron chi connectivity index (χ1n) is 36.9. The molecule has 0 amide bonds. The molecule has 0 atom stereocenters. The number of aromatic nitrogens is 3. The third-order valence-corrected chi connectivity index (χ3v) is 18.0. The summed E-state index contributed by atoms with van der Waals surface area (Å²) in [6.45, 7) is 26.9. The van der Waals surface area contributed by atoms with Crippen LogP contribution in [0.1, 0.15) is 100 Å². The highest BCUT2D eigenvalue weighted by Gasteiger charge is 2.30. The highest BCUT2D eigenvalue weighted by molar-refractivity contribution is 7.86. The third-order valence-electron chi connectivity index (χ3n) is 16.7. The van der Waals surface area contributed by atoms with Crippen LogP contribution in [0, 0.1) is 17.0 Å². The summed E-state index contributed by atoms with van der Waals surface area (Å²) < 4.78 is 83.2. The lowest BCUT2D eigenvalue weighted by Crippen LogP contribution is -2.27. The maximum Gasteiger partial charge on any atom is 0.419 e. The van der Waals surface area contributed by atoms with Gasteiger partial charge < -0.3 is 62.4 Å². The van der Waals surface area contributed by atoms with E-state index in [1.165, 1.54) is 27.3 Å². The number of hydrogen-bond acceptors (Lipinski definition) is 21. The van der Waals surface area contributed by atoms with Crippen LogP contribution in [-0.2, 0) is 54.1 Å². The average molecular weight is 1550 g/mol. The number of non-ortho nitro benzene ring substituents is 1. The van der Waals surface area contributed by atoms with Crippen LogP contribution in [0.5, 0.6) is 17.2 Å². The predicted octanol–water partition coefficient (Wildman–Crippen LogP) is 18.1. The number of phenolic OH excluding ortho intramolecular Hbond substituents is 1. The number of fused-ring (bicyclic) bond motifs is 9. The van der Waals surface area contributed by atoms with Gasteiger partial charge in [0, 0.05) is 118 Å². The van der Waals surface area contributed by atoms with Crippen LogP contribution < -0.4 is 24.2 Å². The topological polar surface area (TPSA) is 266 Å². The van der Waals surface area contributed by atoms with Gasteiger partial charge in [0.25, 0.3) is 15.8 Å². The first-order valence-corrected chi connectivity index (χ1v) is 38.3. The van der Waals surface area contributed by atoms with Gasteiger partial charge in [-0.05, 0) is 167 Å². The van der Waals surface area contributed by atoms with E-state index >= 15 is 0 Å². The molecule has 0 saturated carbocycles. The van der Waals surface area contributed by atoms with Gasteiger partial charge in [-0.3, -0.25) is 14.3 Å². The fourth-order valence-corrected chi connectivity index (χ4v) is 12.5. The Labute approximate surface area is 650 Å². The van der Waals surface area contributed by atoms with Crippen molar-refractivity contribution < 1.29 is 79.6 Å². The van der Waals surface area contributed by atoms with E-state index in [1.807, 2.05) is 210 Å². The zero-order valence-corrected chi connectivity index (χ0v) is 67.9. The van der Waals surface area contributed by atoms with Crippen molar-refractivity contribution in [3.8, 4) is 17.2 Å². The minimum atomic E-state index is -3.69. The van der Waals surface area contributed by atoms with Crippen LogP contribution >= 0.6 is 0 Å². The van der Waals surface area contributed by atoms with E-state index in [1.54, 1.807) is 61.7 Å².